The van der Waals surface area contributed by atoms with Gasteiger partial charge in [-0.25, -0.2) is 8.42 Å². The average molecular weight is 364 g/mol. The Balaban J connectivity index is 2.41. The Morgan fingerprint density at radius 1 is 1.29 bits per heavy atom. The van der Waals surface area contributed by atoms with Crippen LogP contribution in [0.5, 0.6) is 0 Å². The zero-order valence-corrected chi connectivity index (χ0v) is 14.1. The minimum Gasteiger partial charge on any atom is -0.347 e. The van der Waals surface area contributed by atoms with Gasteiger partial charge >= 0.3 is 6.18 Å². The van der Waals surface area contributed by atoms with E-state index in [9.17, 15) is 26.4 Å². The molecule has 1 saturated carbocycles. The predicted molar refractivity (Wildman–Crippen MR) is 84.2 cm³/mol. The summed E-state index contributed by atoms with van der Waals surface area (Å²) in [5.74, 6) is -0.714. The Bertz CT molecular complexity index is 735. The van der Waals surface area contributed by atoms with Gasteiger partial charge < -0.3 is 5.32 Å². The molecule has 0 unspecified atom stereocenters. The predicted octanol–water partition coefficient (Wildman–Crippen LogP) is 3.14. The molecule has 1 fully saturated rings. The number of hydrogen-bond acceptors (Lipinski definition) is 3. The van der Waals surface area contributed by atoms with Gasteiger partial charge in [0, 0.05) is 5.54 Å². The number of hydrogen-bond donors (Lipinski definition) is 2. The smallest absolute Gasteiger partial charge is 0.347 e. The fourth-order valence-corrected chi connectivity index (χ4v) is 3.25. The van der Waals surface area contributed by atoms with E-state index in [4.69, 9.17) is 0 Å². The summed E-state index contributed by atoms with van der Waals surface area (Å²) in [6.45, 7) is 1.89. The fraction of sp³-hybridized carbons (Fsp3) is 0.533. The van der Waals surface area contributed by atoms with E-state index < -0.39 is 33.2 Å². The van der Waals surface area contributed by atoms with Crippen LogP contribution in [-0.4, -0.2) is 26.1 Å². The van der Waals surface area contributed by atoms with Gasteiger partial charge in [-0.2, -0.15) is 13.2 Å². The van der Waals surface area contributed by atoms with Crippen LogP contribution in [0.2, 0.25) is 0 Å². The number of benzene rings is 1. The molecule has 0 atom stereocenters. The van der Waals surface area contributed by atoms with Gasteiger partial charge in [0.2, 0.25) is 10.0 Å². The van der Waals surface area contributed by atoms with Crippen LogP contribution in [0.25, 0.3) is 0 Å². The van der Waals surface area contributed by atoms with Gasteiger partial charge in [-0.15, -0.1) is 0 Å². The van der Waals surface area contributed by atoms with Crippen LogP contribution in [0.1, 0.15) is 48.5 Å². The number of halogens is 3. The van der Waals surface area contributed by atoms with Crippen molar-refractivity contribution in [1.82, 2.24) is 5.32 Å². The molecular weight excluding hydrogens is 345 g/mol. The van der Waals surface area contributed by atoms with Crippen LogP contribution in [-0.2, 0) is 16.2 Å². The van der Waals surface area contributed by atoms with Crippen LogP contribution in [0.4, 0.5) is 18.9 Å². The first-order chi connectivity index (χ1) is 11.0. The number of sulfonamides is 1. The summed E-state index contributed by atoms with van der Waals surface area (Å²) in [5.41, 5.74) is -1.94. The number of amides is 1. The van der Waals surface area contributed by atoms with Crippen molar-refractivity contribution >= 4 is 21.6 Å². The third kappa shape index (κ3) is 4.19. The zero-order valence-electron chi connectivity index (χ0n) is 13.3. The maximum absolute atomic E-state index is 12.9. The molecule has 1 aliphatic carbocycles. The van der Waals surface area contributed by atoms with E-state index in [0.29, 0.717) is 12.5 Å². The number of rotatable bonds is 5. The van der Waals surface area contributed by atoms with E-state index in [-0.39, 0.29) is 11.3 Å². The summed E-state index contributed by atoms with van der Waals surface area (Å²) in [6.07, 6.45) is -0.660. The minimum atomic E-state index is -4.63. The number of carbonyl (C=O) groups excluding carboxylic acids is 1. The summed E-state index contributed by atoms with van der Waals surface area (Å²) in [6, 6.07) is 2.37. The molecule has 1 aromatic carbocycles. The first-order valence-electron chi connectivity index (χ1n) is 7.47. The highest BCUT2D eigenvalue weighted by Gasteiger charge is 2.38. The van der Waals surface area contributed by atoms with E-state index in [0.717, 1.165) is 37.7 Å². The molecule has 0 saturated heterocycles. The third-order valence-corrected chi connectivity index (χ3v) is 4.84. The molecule has 1 aromatic rings. The average Bonchev–Trinajstić information content (AvgIpc) is 2.40. The van der Waals surface area contributed by atoms with Crippen LogP contribution >= 0.6 is 0 Å². The highest BCUT2D eigenvalue weighted by Crippen LogP contribution is 2.36. The summed E-state index contributed by atoms with van der Waals surface area (Å²) >= 11 is 0. The second kappa shape index (κ2) is 6.27. The van der Waals surface area contributed by atoms with Crippen molar-refractivity contribution in [2.75, 3.05) is 11.0 Å². The number of alkyl halides is 3. The Labute approximate surface area is 138 Å². The Hall–Kier alpha value is -1.77. The van der Waals surface area contributed by atoms with E-state index >= 15 is 0 Å². The van der Waals surface area contributed by atoms with Crippen molar-refractivity contribution in [2.45, 2.75) is 44.3 Å². The lowest BCUT2D eigenvalue weighted by atomic mass is 9.74. The highest BCUT2D eigenvalue weighted by atomic mass is 32.2. The minimum absolute atomic E-state index is 0.173. The van der Waals surface area contributed by atoms with E-state index in [1.165, 1.54) is 0 Å². The molecule has 0 bridgehead atoms. The van der Waals surface area contributed by atoms with Crippen LogP contribution in [0.3, 0.4) is 0 Å². The van der Waals surface area contributed by atoms with E-state index in [1.807, 2.05) is 6.92 Å². The summed E-state index contributed by atoms with van der Waals surface area (Å²) in [5, 5.41) is 2.76. The third-order valence-electron chi connectivity index (χ3n) is 4.25. The zero-order chi connectivity index (χ0) is 18.2. The second-order valence-corrected chi connectivity index (χ2v) is 7.82. The summed E-state index contributed by atoms with van der Waals surface area (Å²) < 4.78 is 63.6. The van der Waals surface area contributed by atoms with Gasteiger partial charge in [0.05, 0.1) is 23.1 Å². The molecule has 9 heteroatoms. The molecule has 0 aromatic heterocycles. The lowest BCUT2D eigenvalue weighted by Crippen LogP contribution is -2.53. The van der Waals surface area contributed by atoms with E-state index in [2.05, 4.69) is 10.0 Å². The van der Waals surface area contributed by atoms with Crippen LogP contribution in [0, 0.1) is 0 Å². The Kier molecular flexibility index (Phi) is 4.85. The maximum atomic E-state index is 12.9. The number of nitrogens with one attached hydrogen (secondary N) is 2. The normalized spacial score (nSPS) is 17.0. The van der Waals surface area contributed by atoms with Crippen molar-refractivity contribution < 1.29 is 26.4 Å². The van der Waals surface area contributed by atoms with Crippen molar-refractivity contribution in [3.63, 3.8) is 0 Å². The highest BCUT2D eigenvalue weighted by molar-refractivity contribution is 7.92. The summed E-state index contributed by atoms with van der Waals surface area (Å²) in [4.78, 5) is 12.5. The molecule has 24 heavy (non-hydrogen) atoms. The van der Waals surface area contributed by atoms with Gasteiger partial charge in [0.15, 0.2) is 0 Å². The Morgan fingerprint density at radius 3 is 2.33 bits per heavy atom. The number of anilines is 1. The van der Waals surface area contributed by atoms with Crippen molar-refractivity contribution in [3.05, 3.63) is 29.3 Å². The lowest BCUT2D eigenvalue weighted by molar-refractivity contribution is -0.137. The van der Waals surface area contributed by atoms with Gasteiger partial charge in [-0.1, -0.05) is 6.92 Å². The molecule has 0 spiro atoms. The number of carbonyl (C=O) groups is 1. The molecular formula is C15H19F3N2O3S. The van der Waals surface area contributed by atoms with Gasteiger partial charge in [0.25, 0.3) is 5.91 Å². The van der Waals surface area contributed by atoms with Crippen molar-refractivity contribution in [3.8, 4) is 0 Å². The van der Waals surface area contributed by atoms with Crippen LogP contribution in [0.15, 0.2) is 18.2 Å². The molecule has 0 heterocycles. The van der Waals surface area contributed by atoms with Gasteiger partial charge in [-0.3, -0.25) is 9.52 Å². The molecule has 134 valence electrons. The van der Waals surface area contributed by atoms with Crippen LogP contribution < -0.4 is 10.0 Å². The van der Waals surface area contributed by atoms with Gasteiger partial charge in [-0.05, 0) is 43.9 Å². The molecule has 0 radical (unpaired) electrons. The SMILES string of the molecule is CCC1(NC(=O)c2cc(C(F)(F)F)ccc2NS(C)(=O)=O)CCC1. The van der Waals surface area contributed by atoms with E-state index in [1.54, 1.807) is 0 Å². The second-order valence-electron chi connectivity index (χ2n) is 6.07. The molecule has 2 N–H and O–H groups in total. The topological polar surface area (TPSA) is 75.3 Å². The Morgan fingerprint density at radius 2 is 1.92 bits per heavy atom. The lowest BCUT2D eigenvalue weighted by Gasteiger charge is -2.42. The summed E-state index contributed by atoms with van der Waals surface area (Å²) in [7, 11) is -3.73. The molecule has 1 amide bonds. The quantitative estimate of drug-likeness (QED) is 0.843. The molecule has 0 aliphatic heterocycles. The van der Waals surface area contributed by atoms with Gasteiger partial charge in [0.1, 0.15) is 0 Å². The monoisotopic (exact) mass is 364 g/mol. The fourth-order valence-electron chi connectivity index (χ4n) is 2.68. The standard InChI is InChI=1S/C15H19F3N2O3S/c1-3-14(7-4-8-14)19-13(21)11-9-10(15(16,17)18)5-6-12(11)20-24(2,22)23/h5-6,9,20H,3-4,7-8H2,1-2H3,(H,19,21). The maximum Gasteiger partial charge on any atom is 0.416 e. The largest absolute Gasteiger partial charge is 0.416 e. The molecule has 5 nitrogen and oxygen atoms in total. The van der Waals surface area contributed by atoms with Crippen molar-refractivity contribution in [1.29, 1.82) is 0 Å². The van der Waals surface area contributed by atoms with Crippen molar-refractivity contribution in [2.24, 2.45) is 0 Å². The first kappa shape index (κ1) is 18.6. The molecule has 1 aliphatic rings. The molecule has 2 rings (SSSR count). The first-order valence-corrected chi connectivity index (χ1v) is 9.36.